The number of benzene rings is 1. The molecule has 0 atom stereocenters. The van der Waals surface area contributed by atoms with Crippen molar-refractivity contribution in [3.05, 3.63) is 29.8 Å². The molecule has 0 heterocycles. The van der Waals surface area contributed by atoms with E-state index in [9.17, 15) is 13.6 Å². The van der Waals surface area contributed by atoms with Gasteiger partial charge in [0.1, 0.15) is 11.6 Å². The normalized spacial score (nSPS) is 15.9. The third-order valence-corrected chi connectivity index (χ3v) is 2.81. The number of nitrogens with one attached hydrogen (secondary N) is 2. The van der Waals surface area contributed by atoms with Gasteiger partial charge in [0.15, 0.2) is 0 Å². The molecular formula is C12H14F2N2O. The van der Waals surface area contributed by atoms with E-state index in [0.717, 1.165) is 43.9 Å². The number of hydrogen-bond donors (Lipinski definition) is 2. The van der Waals surface area contributed by atoms with Crippen LogP contribution < -0.4 is 10.6 Å². The highest BCUT2D eigenvalue weighted by Crippen LogP contribution is 2.18. The number of urea groups is 1. The van der Waals surface area contributed by atoms with Gasteiger partial charge in [-0.05, 0) is 25.0 Å². The topological polar surface area (TPSA) is 41.1 Å². The van der Waals surface area contributed by atoms with E-state index in [1.807, 2.05) is 0 Å². The number of rotatable bonds is 2. The number of anilines is 1. The van der Waals surface area contributed by atoms with Crippen molar-refractivity contribution in [3.8, 4) is 0 Å². The van der Waals surface area contributed by atoms with Gasteiger partial charge in [-0.25, -0.2) is 13.6 Å². The lowest BCUT2D eigenvalue weighted by Gasteiger charge is -2.12. The number of hydrogen-bond acceptors (Lipinski definition) is 1. The van der Waals surface area contributed by atoms with E-state index in [1.54, 1.807) is 0 Å². The third-order valence-electron chi connectivity index (χ3n) is 2.81. The minimum Gasteiger partial charge on any atom is -0.335 e. The number of carbonyl (C=O) groups is 1. The van der Waals surface area contributed by atoms with Crippen LogP contribution in [0.5, 0.6) is 0 Å². The van der Waals surface area contributed by atoms with E-state index >= 15 is 0 Å². The van der Waals surface area contributed by atoms with Crippen molar-refractivity contribution >= 4 is 11.7 Å². The monoisotopic (exact) mass is 240 g/mol. The van der Waals surface area contributed by atoms with Crippen molar-refractivity contribution in [2.45, 2.75) is 31.7 Å². The van der Waals surface area contributed by atoms with Gasteiger partial charge < -0.3 is 10.6 Å². The highest BCUT2D eigenvalue weighted by atomic mass is 19.1. The molecule has 1 aliphatic carbocycles. The molecule has 2 N–H and O–H groups in total. The Morgan fingerprint density at radius 2 is 1.71 bits per heavy atom. The zero-order valence-electron chi connectivity index (χ0n) is 9.30. The Morgan fingerprint density at radius 3 is 2.29 bits per heavy atom. The van der Waals surface area contributed by atoms with Crippen LogP contribution in [0.4, 0.5) is 19.3 Å². The van der Waals surface area contributed by atoms with Crippen LogP contribution in [-0.2, 0) is 0 Å². The largest absolute Gasteiger partial charge is 0.335 e. The third kappa shape index (κ3) is 3.41. The molecule has 0 bridgehead atoms. The molecule has 5 heteroatoms. The van der Waals surface area contributed by atoms with Crippen molar-refractivity contribution in [1.82, 2.24) is 5.32 Å². The van der Waals surface area contributed by atoms with Crippen molar-refractivity contribution in [1.29, 1.82) is 0 Å². The summed E-state index contributed by atoms with van der Waals surface area (Å²) in [5.74, 6) is -1.41. The first-order chi connectivity index (χ1) is 8.13. The maximum atomic E-state index is 12.9. The van der Waals surface area contributed by atoms with Crippen molar-refractivity contribution in [2.75, 3.05) is 5.32 Å². The van der Waals surface area contributed by atoms with Crippen LogP contribution >= 0.6 is 0 Å². The van der Waals surface area contributed by atoms with Crippen molar-refractivity contribution < 1.29 is 13.6 Å². The molecule has 0 radical (unpaired) electrons. The molecule has 0 spiro atoms. The molecule has 0 aliphatic heterocycles. The molecule has 2 amide bonds. The van der Waals surface area contributed by atoms with Gasteiger partial charge >= 0.3 is 6.03 Å². The van der Waals surface area contributed by atoms with Gasteiger partial charge in [0.05, 0.1) is 0 Å². The summed E-state index contributed by atoms with van der Waals surface area (Å²) in [6, 6.07) is 2.68. The Kier molecular flexibility index (Phi) is 3.56. The van der Waals surface area contributed by atoms with Crippen molar-refractivity contribution in [2.24, 2.45) is 0 Å². The average Bonchev–Trinajstić information content (AvgIpc) is 2.67. The fourth-order valence-corrected chi connectivity index (χ4v) is 2.05. The van der Waals surface area contributed by atoms with E-state index in [1.165, 1.54) is 0 Å². The summed E-state index contributed by atoms with van der Waals surface area (Å²) >= 11 is 0. The van der Waals surface area contributed by atoms with Crippen LogP contribution in [0, 0.1) is 11.6 Å². The second-order valence-corrected chi connectivity index (χ2v) is 4.24. The maximum Gasteiger partial charge on any atom is 0.319 e. The molecule has 2 rings (SSSR count). The van der Waals surface area contributed by atoms with Crippen LogP contribution in [0.1, 0.15) is 25.7 Å². The predicted molar refractivity (Wildman–Crippen MR) is 60.8 cm³/mol. The smallest absolute Gasteiger partial charge is 0.319 e. The van der Waals surface area contributed by atoms with Crippen LogP contribution in [0.25, 0.3) is 0 Å². The summed E-state index contributed by atoms with van der Waals surface area (Å²) in [4.78, 5) is 11.5. The first-order valence-corrected chi connectivity index (χ1v) is 5.67. The number of amides is 2. The zero-order valence-corrected chi connectivity index (χ0v) is 9.30. The quantitative estimate of drug-likeness (QED) is 0.819. The lowest BCUT2D eigenvalue weighted by atomic mass is 10.2. The highest BCUT2D eigenvalue weighted by molar-refractivity contribution is 5.89. The van der Waals surface area contributed by atoms with Crippen molar-refractivity contribution in [3.63, 3.8) is 0 Å². The zero-order chi connectivity index (χ0) is 12.3. The Hall–Kier alpha value is -1.65. The number of halogens is 2. The molecule has 17 heavy (non-hydrogen) atoms. The SMILES string of the molecule is O=C(Nc1cc(F)cc(F)c1)NC1CCCC1. The van der Waals surface area contributed by atoms with E-state index in [4.69, 9.17) is 0 Å². The number of carbonyl (C=O) groups excluding carboxylic acids is 1. The van der Waals surface area contributed by atoms with Crippen LogP contribution in [-0.4, -0.2) is 12.1 Å². The summed E-state index contributed by atoms with van der Waals surface area (Å²) in [5.41, 5.74) is 0.123. The molecule has 1 saturated carbocycles. The van der Waals surface area contributed by atoms with Gasteiger partial charge in [0.25, 0.3) is 0 Å². The minimum absolute atomic E-state index is 0.123. The minimum atomic E-state index is -0.707. The van der Waals surface area contributed by atoms with Gasteiger partial charge in [-0.2, -0.15) is 0 Å². The Balaban J connectivity index is 1.92. The summed E-state index contributed by atoms with van der Waals surface area (Å²) in [5, 5.41) is 5.19. The molecule has 1 fully saturated rings. The molecule has 1 aromatic rings. The lowest BCUT2D eigenvalue weighted by Crippen LogP contribution is -2.36. The highest BCUT2D eigenvalue weighted by Gasteiger charge is 2.17. The first kappa shape index (κ1) is 11.8. The van der Waals surface area contributed by atoms with Crippen LogP contribution in [0.15, 0.2) is 18.2 Å². The maximum absolute atomic E-state index is 12.9. The van der Waals surface area contributed by atoms with Gasteiger partial charge in [-0.3, -0.25) is 0 Å². The molecule has 3 nitrogen and oxygen atoms in total. The van der Waals surface area contributed by atoms with E-state index in [2.05, 4.69) is 10.6 Å². The summed E-state index contributed by atoms with van der Waals surface area (Å²) in [6.45, 7) is 0. The molecular weight excluding hydrogens is 226 g/mol. The fourth-order valence-electron chi connectivity index (χ4n) is 2.05. The second-order valence-electron chi connectivity index (χ2n) is 4.24. The first-order valence-electron chi connectivity index (χ1n) is 5.67. The Morgan fingerprint density at radius 1 is 1.12 bits per heavy atom. The van der Waals surface area contributed by atoms with Gasteiger partial charge in [0, 0.05) is 17.8 Å². The van der Waals surface area contributed by atoms with Gasteiger partial charge in [0.2, 0.25) is 0 Å². The Bertz CT molecular complexity index is 397. The lowest BCUT2D eigenvalue weighted by molar-refractivity contribution is 0.248. The molecule has 1 aromatic carbocycles. The standard InChI is InChI=1S/C12H14F2N2O/c13-8-5-9(14)7-11(6-8)16-12(17)15-10-3-1-2-4-10/h5-7,10H,1-4H2,(H2,15,16,17). The summed E-state index contributed by atoms with van der Waals surface area (Å²) in [7, 11) is 0. The molecule has 0 aromatic heterocycles. The average molecular weight is 240 g/mol. The van der Waals surface area contributed by atoms with E-state index in [-0.39, 0.29) is 11.7 Å². The summed E-state index contributed by atoms with van der Waals surface area (Å²) < 4.78 is 25.7. The predicted octanol–water partition coefficient (Wildman–Crippen LogP) is 3.03. The van der Waals surface area contributed by atoms with Gasteiger partial charge in [-0.1, -0.05) is 12.8 Å². The Labute approximate surface area is 98.2 Å². The second kappa shape index (κ2) is 5.12. The molecule has 92 valence electrons. The summed E-state index contributed by atoms with van der Waals surface area (Å²) in [6.07, 6.45) is 4.15. The van der Waals surface area contributed by atoms with Crippen LogP contribution in [0.3, 0.4) is 0 Å². The molecule has 0 saturated heterocycles. The molecule has 1 aliphatic rings. The van der Waals surface area contributed by atoms with Crippen LogP contribution in [0.2, 0.25) is 0 Å². The van der Waals surface area contributed by atoms with E-state index < -0.39 is 17.7 Å². The van der Waals surface area contributed by atoms with E-state index in [0.29, 0.717) is 0 Å². The fraction of sp³-hybridized carbons (Fsp3) is 0.417. The van der Waals surface area contributed by atoms with Gasteiger partial charge in [-0.15, -0.1) is 0 Å². The molecule has 0 unspecified atom stereocenters.